The third kappa shape index (κ3) is 4.80. The molecule has 2 atom stereocenters. The van der Waals surface area contributed by atoms with Gasteiger partial charge in [-0.05, 0) is 26.8 Å². The van der Waals surface area contributed by atoms with E-state index in [-0.39, 0.29) is 23.7 Å². The van der Waals surface area contributed by atoms with Crippen molar-refractivity contribution >= 4 is 6.09 Å². The predicted octanol–water partition coefficient (Wildman–Crippen LogP) is 5.65. The number of benzene rings is 2. The molecule has 0 unspecified atom stereocenters. The number of fused-ring (bicyclic) bond motifs is 1. The Hall–Kier alpha value is -4.39. The highest BCUT2D eigenvalue weighted by atomic mass is 19.4. The van der Waals surface area contributed by atoms with Crippen molar-refractivity contribution in [1.29, 1.82) is 0 Å². The van der Waals surface area contributed by atoms with Crippen molar-refractivity contribution in [3.05, 3.63) is 59.7 Å². The highest BCUT2D eigenvalue weighted by Crippen LogP contribution is 2.43. The first kappa shape index (κ1) is 26.2. The normalized spacial score (nSPS) is 17.4. The van der Waals surface area contributed by atoms with E-state index >= 15 is 0 Å². The SMILES string of the molecule is CC(C)(C)N(C(=O)O)[C@@H]1COc2cc(-c3noc(-c4onc(-c5ccccc5)c4C(F)(F)F)n3)ccc2[C@@H]1O. The number of aromatic nitrogens is 3. The summed E-state index contributed by atoms with van der Waals surface area (Å²) in [5.74, 6) is -1.04. The van der Waals surface area contributed by atoms with Gasteiger partial charge in [-0.25, -0.2) is 4.79 Å². The minimum Gasteiger partial charge on any atom is -0.491 e. The molecule has 4 aromatic rings. The van der Waals surface area contributed by atoms with E-state index < -0.39 is 52.9 Å². The summed E-state index contributed by atoms with van der Waals surface area (Å²) >= 11 is 0. The third-order valence-corrected chi connectivity index (χ3v) is 6.27. The summed E-state index contributed by atoms with van der Waals surface area (Å²) in [6, 6.07) is 11.4. The molecule has 10 nitrogen and oxygen atoms in total. The number of hydrogen-bond donors (Lipinski definition) is 2. The van der Waals surface area contributed by atoms with E-state index in [0.29, 0.717) is 11.1 Å². The fourth-order valence-corrected chi connectivity index (χ4v) is 4.58. The fraction of sp³-hybridized carbons (Fsp3) is 0.308. The quantitative estimate of drug-likeness (QED) is 0.334. The first-order valence-corrected chi connectivity index (χ1v) is 11.8. The molecule has 2 aromatic carbocycles. The van der Waals surface area contributed by atoms with E-state index in [1.807, 2.05) is 0 Å². The van der Waals surface area contributed by atoms with Crippen molar-refractivity contribution in [2.75, 3.05) is 6.61 Å². The van der Waals surface area contributed by atoms with Gasteiger partial charge in [0.1, 0.15) is 29.7 Å². The van der Waals surface area contributed by atoms with Gasteiger partial charge in [0.2, 0.25) is 11.6 Å². The van der Waals surface area contributed by atoms with Crippen LogP contribution in [0, 0.1) is 0 Å². The molecule has 1 aliphatic heterocycles. The van der Waals surface area contributed by atoms with Gasteiger partial charge >= 0.3 is 12.3 Å². The number of rotatable bonds is 4. The molecule has 0 saturated heterocycles. The molecule has 2 aromatic heterocycles. The second-order valence-electron chi connectivity index (χ2n) is 9.92. The minimum absolute atomic E-state index is 0.0550. The van der Waals surface area contributed by atoms with Crippen LogP contribution in [-0.2, 0) is 6.18 Å². The Morgan fingerprint density at radius 2 is 1.74 bits per heavy atom. The Balaban J connectivity index is 1.47. The van der Waals surface area contributed by atoms with Crippen LogP contribution in [0.5, 0.6) is 5.75 Å². The summed E-state index contributed by atoms with van der Waals surface area (Å²) in [6.07, 6.45) is -7.20. The Bertz CT molecular complexity index is 1510. The first-order chi connectivity index (χ1) is 18.4. The molecule has 0 spiro atoms. The molecule has 0 radical (unpaired) electrons. The summed E-state index contributed by atoms with van der Waals surface area (Å²) in [5.41, 5.74) is -1.47. The average Bonchev–Trinajstić information content (AvgIpc) is 3.52. The Morgan fingerprint density at radius 1 is 1.03 bits per heavy atom. The largest absolute Gasteiger partial charge is 0.491 e. The van der Waals surface area contributed by atoms with Crippen molar-refractivity contribution in [3.8, 4) is 40.0 Å². The summed E-state index contributed by atoms with van der Waals surface area (Å²) < 4.78 is 57.9. The van der Waals surface area contributed by atoms with Crippen LogP contribution < -0.4 is 4.74 Å². The molecule has 2 N–H and O–H groups in total. The highest BCUT2D eigenvalue weighted by molar-refractivity contribution is 5.71. The van der Waals surface area contributed by atoms with E-state index in [0.717, 1.165) is 4.90 Å². The smallest absolute Gasteiger partial charge is 0.422 e. The summed E-state index contributed by atoms with van der Waals surface area (Å²) in [5, 5.41) is 28.1. The number of carboxylic acid groups (broad SMARTS) is 1. The van der Waals surface area contributed by atoms with Crippen molar-refractivity contribution < 1.29 is 42.0 Å². The molecule has 39 heavy (non-hydrogen) atoms. The lowest BCUT2D eigenvalue weighted by atomic mass is 9.93. The van der Waals surface area contributed by atoms with Crippen LogP contribution in [0.2, 0.25) is 0 Å². The first-order valence-electron chi connectivity index (χ1n) is 11.8. The van der Waals surface area contributed by atoms with Gasteiger partial charge in [-0.1, -0.05) is 52.8 Å². The fourth-order valence-electron chi connectivity index (χ4n) is 4.58. The number of carbonyl (C=O) groups is 1. The standard InChI is InChI=1S/C26H23F3N4O6/c1-25(2,3)33(24(35)36)16-12-37-17-11-14(9-10-15(17)20(16)34)22-30-23(39-32-22)21-18(26(27,28)29)19(31-38-21)13-7-5-4-6-8-13/h4-11,16,20,34H,12H2,1-3H3,(H,35,36)/t16-,20+/m1/s1. The zero-order valence-electron chi connectivity index (χ0n) is 20.9. The van der Waals surface area contributed by atoms with Gasteiger partial charge in [0, 0.05) is 22.2 Å². The average molecular weight is 544 g/mol. The molecule has 0 bridgehead atoms. The van der Waals surface area contributed by atoms with Gasteiger partial charge in [0.25, 0.3) is 5.89 Å². The molecule has 0 saturated carbocycles. The molecule has 0 fully saturated rings. The molecule has 5 rings (SSSR count). The highest BCUT2D eigenvalue weighted by Gasteiger charge is 2.43. The van der Waals surface area contributed by atoms with E-state index in [1.54, 1.807) is 39.0 Å². The molecule has 1 amide bonds. The van der Waals surface area contributed by atoms with Crippen LogP contribution in [0.1, 0.15) is 38.0 Å². The van der Waals surface area contributed by atoms with E-state index in [9.17, 15) is 28.2 Å². The number of aliphatic hydroxyl groups is 1. The van der Waals surface area contributed by atoms with Crippen molar-refractivity contribution in [2.45, 2.75) is 44.6 Å². The summed E-state index contributed by atoms with van der Waals surface area (Å²) in [7, 11) is 0. The van der Waals surface area contributed by atoms with Crippen LogP contribution in [0.4, 0.5) is 18.0 Å². The molecule has 13 heteroatoms. The van der Waals surface area contributed by atoms with Gasteiger partial charge in [0.15, 0.2) is 0 Å². The maximum atomic E-state index is 14.0. The number of halogens is 3. The second-order valence-corrected chi connectivity index (χ2v) is 9.92. The maximum Gasteiger partial charge on any atom is 0.422 e. The van der Waals surface area contributed by atoms with Crippen LogP contribution in [0.3, 0.4) is 0 Å². The number of ether oxygens (including phenoxy) is 1. The number of alkyl halides is 3. The molecule has 3 heterocycles. The van der Waals surface area contributed by atoms with Crippen molar-refractivity contribution in [2.24, 2.45) is 0 Å². The topological polar surface area (TPSA) is 135 Å². The number of hydrogen-bond acceptors (Lipinski definition) is 8. The summed E-state index contributed by atoms with van der Waals surface area (Å²) in [6.45, 7) is 5.01. The Kier molecular flexibility index (Phi) is 6.33. The Labute approximate surface area is 219 Å². The Morgan fingerprint density at radius 3 is 2.38 bits per heavy atom. The molecule has 0 aliphatic carbocycles. The van der Waals surface area contributed by atoms with E-state index in [4.69, 9.17) is 13.8 Å². The third-order valence-electron chi connectivity index (χ3n) is 6.27. The zero-order valence-corrected chi connectivity index (χ0v) is 20.9. The van der Waals surface area contributed by atoms with Gasteiger partial charge < -0.3 is 24.0 Å². The van der Waals surface area contributed by atoms with Crippen LogP contribution in [0.15, 0.2) is 57.6 Å². The van der Waals surface area contributed by atoms with Crippen LogP contribution in [-0.4, -0.2) is 54.7 Å². The summed E-state index contributed by atoms with van der Waals surface area (Å²) in [4.78, 5) is 17.1. The van der Waals surface area contributed by atoms with Gasteiger partial charge in [-0.2, -0.15) is 18.2 Å². The maximum absolute atomic E-state index is 14.0. The van der Waals surface area contributed by atoms with E-state index in [1.165, 1.54) is 30.3 Å². The van der Waals surface area contributed by atoms with Crippen molar-refractivity contribution in [3.63, 3.8) is 0 Å². The molecular weight excluding hydrogens is 521 g/mol. The number of amides is 1. The number of nitrogens with zero attached hydrogens (tertiary/aromatic N) is 4. The second kappa shape index (κ2) is 9.42. The van der Waals surface area contributed by atoms with Gasteiger partial charge in [-0.3, -0.25) is 4.90 Å². The van der Waals surface area contributed by atoms with Crippen LogP contribution in [0.25, 0.3) is 34.3 Å². The lowest BCUT2D eigenvalue weighted by molar-refractivity contribution is -0.137. The lowest BCUT2D eigenvalue weighted by Crippen LogP contribution is -2.56. The zero-order chi connectivity index (χ0) is 28.1. The lowest BCUT2D eigenvalue weighted by Gasteiger charge is -2.43. The number of aliphatic hydroxyl groups excluding tert-OH is 1. The predicted molar refractivity (Wildman–Crippen MR) is 130 cm³/mol. The molecule has 204 valence electrons. The van der Waals surface area contributed by atoms with E-state index in [2.05, 4.69) is 15.3 Å². The monoisotopic (exact) mass is 544 g/mol. The van der Waals surface area contributed by atoms with Gasteiger partial charge in [0.05, 0.1) is 6.04 Å². The minimum atomic E-state index is -4.82. The van der Waals surface area contributed by atoms with Crippen LogP contribution >= 0.6 is 0 Å². The molecular formula is C26H23F3N4O6. The van der Waals surface area contributed by atoms with Gasteiger partial charge in [-0.15, -0.1) is 0 Å². The van der Waals surface area contributed by atoms with Crippen molar-refractivity contribution in [1.82, 2.24) is 20.2 Å². The molecule has 1 aliphatic rings.